The van der Waals surface area contributed by atoms with Crippen molar-refractivity contribution in [1.29, 1.82) is 0 Å². The number of carbonyl (C=O) groups excluding carboxylic acids is 2. The minimum absolute atomic E-state index is 0.0175. The molecule has 0 unspecified atom stereocenters. The van der Waals surface area contributed by atoms with E-state index >= 15 is 0 Å². The molecule has 0 aliphatic carbocycles. The van der Waals surface area contributed by atoms with Crippen LogP contribution in [0.1, 0.15) is 23.6 Å². The molecule has 44 heavy (non-hydrogen) atoms. The van der Waals surface area contributed by atoms with Crippen LogP contribution >= 0.6 is 11.6 Å². The summed E-state index contributed by atoms with van der Waals surface area (Å²) in [6, 6.07) is 28.3. The highest BCUT2D eigenvalue weighted by Crippen LogP contribution is 2.27. The van der Waals surface area contributed by atoms with Gasteiger partial charge >= 0.3 is 0 Å². The predicted octanol–water partition coefficient (Wildman–Crippen LogP) is 5.63. The molecule has 0 heterocycles. The van der Waals surface area contributed by atoms with Gasteiger partial charge in [0.1, 0.15) is 18.3 Å². The number of halogens is 1. The largest absolute Gasteiger partial charge is 0.497 e. The summed E-state index contributed by atoms with van der Waals surface area (Å²) in [7, 11) is -2.74. The molecule has 4 rings (SSSR count). The summed E-state index contributed by atoms with van der Waals surface area (Å²) in [4.78, 5) is 29.5. The lowest BCUT2D eigenvalue weighted by atomic mass is 10.0. The zero-order valence-corrected chi connectivity index (χ0v) is 26.5. The van der Waals surface area contributed by atoms with Crippen LogP contribution in [-0.4, -0.2) is 51.4 Å². The van der Waals surface area contributed by atoms with E-state index in [9.17, 15) is 18.0 Å². The Morgan fingerprint density at radius 2 is 1.52 bits per heavy atom. The van der Waals surface area contributed by atoms with Gasteiger partial charge in [-0.25, -0.2) is 8.42 Å². The summed E-state index contributed by atoms with van der Waals surface area (Å²) in [5.41, 5.74) is 2.91. The molecule has 0 fully saturated rings. The Bertz CT molecular complexity index is 1660. The van der Waals surface area contributed by atoms with E-state index in [0.717, 1.165) is 21.0 Å². The van der Waals surface area contributed by atoms with Crippen LogP contribution in [0.3, 0.4) is 0 Å². The van der Waals surface area contributed by atoms with Gasteiger partial charge in [0.25, 0.3) is 10.0 Å². The molecule has 4 aromatic rings. The second-order valence-corrected chi connectivity index (χ2v) is 12.5. The Balaban J connectivity index is 1.80. The molecule has 0 radical (unpaired) electrons. The lowest BCUT2D eigenvalue weighted by Crippen LogP contribution is -2.53. The number of methoxy groups -OCH3 is 1. The Hall–Kier alpha value is -4.34. The van der Waals surface area contributed by atoms with Crippen molar-refractivity contribution in [3.05, 3.63) is 125 Å². The first-order valence-corrected chi connectivity index (χ1v) is 16.0. The first kappa shape index (κ1) is 32.6. The molecule has 8 nitrogen and oxygen atoms in total. The molecule has 1 atom stereocenters. The van der Waals surface area contributed by atoms with Gasteiger partial charge in [-0.05, 0) is 79.1 Å². The third kappa shape index (κ3) is 7.98. The van der Waals surface area contributed by atoms with Crippen LogP contribution in [0.4, 0.5) is 5.69 Å². The van der Waals surface area contributed by atoms with Crippen molar-refractivity contribution in [3.8, 4) is 5.75 Å². The topological polar surface area (TPSA) is 96.0 Å². The molecule has 2 amide bonds. The van der Waals surface area contributed by atoms with Crippen molar-refractivity contribution in [2.75, 3.05) is 24.5 Å². The standard InChI is InChI=1S/C34H36ClN3O5S/c1-4-36-34(40)32(22-26-11-6-5-7-12-26)37(23-27-13-9-8-10-25(27)2)33(39)24-38(29-16-14-28(35)15-17-29)44(41,42)31-20-18-30(43-3)19-21-31/h5-21,32H,4,22-24H2,1-3H3,(H,36,40)/t32-/m0/s1. The van der Waals surface area contributed by atoms with Crippen LogP contribution in [0, 0.1) is 6.92 Å². The molecule has 0 spiro atoms. The monoisotopic (exact) mass is 633 g/mol. The number of amides is 2. The van der Waals surface area contributed by atoms with Gasteiger partial charge < -0.3 is 15.0 Å². The van der Waals surface area contributed by atoms with Crippen molar-refractivity contribution >= 4 is 39.1 Å². The normalized spacial score (nSPS) is 11.8. The molecule has 4 aromatic carbocycles. The van der Waals surface area contributed by atoms with Crippen LogP contribution in [0.15, 0.2) is 108 Å². The molecule has 0 saturated heterocycles. The number of benzene rings is 4. The predicted molar refractivity (Wildman–Crippen MR) is 173 cm³/mol. The van der Waals surface area contributed by atoms with E-state index in [1.54, 1.807) is 36.4 Å². The Morgan fingerprint density at radius 1 is 0.886 bits per heavy atom. The maximum Gasteiger partial charge on any atom is 0.264 e. The van der Waals surface area contributed by atoms with E-state index in [1.807, 2.05) is 68.4 Å². The number of hydrogen-bond acceptors (Lipinski definition) is 5. The van der Waals surface area contributed by atoms with Gasteiger partial charge in [0.15, 0.2) is 0 Å². The van der Waals surface area contributed by atoms with Gasteiger partial charge in [-0.15, -0.1) is 0 Å². The SMILES string of the molecule is CCNC(=O)[C@H](Cc1ccccc1)N(Cc1ccccc1C)C(=O)CN(c1ccc(Cl)cc1)S(=O)(=O)c1ccc(OC)cc1. The van der Waals surface area contributed by atoms with E-state index in [1.165, 1.54) is 24.1 Å². The number of rotatable bonds is 13. The first-order chi connectivity index (χ1) is 21.1. The van der Waals surface area contributed by atoms with E-state index in [-0.39, 0.29) is 29.5 Å². The Morgan fingerprint density at radius 3 is 2.14 bits per heavy atom. The summed E-state index contributed by atoms with van der Waals surface area (Å²) < 4.78 is 34.4. The van der Waals surface area contributed by atoms with Gasteiger partial charge in [-0.2, -0.15) is 0 Å². The molecule has 230 valence electrons. The fourth-order valence-corrected chi connectivity index (χ4v) is 6.37. The molecule has 0 aliphatic heterocycles. The lowest BCUT2D eigenvalue weighted by molar-refractivity contribution is -0.140. The Labute approximate surface area is 264 Å². The number of aryl methyl sites for hydroxylation is 1. The van der Waals surface area contributed by atoms with Crippen LogP contribution in [0.5, 0.6) is 5.75 Å². The zero-order chi connectivity index (χ0) is 31.7. The highest BCUT2D eigenvalue weighted by molar-refractivity contribution is 7.92. The number of carbonyl (C=O) groups is 2. The van der Waals surface area contributed by atoms with Gasteiger partial charge in [0.05, 0.1) is 17.7 Å². The zero-order valence-electron chi connectivity index (χ0n) is 24.9. The molecular formula is C34H36ClN3O5S. The average molecular weight is 634 g/mol. The summed E-state index contributed by atoms with van der Waals surface area (Å²) >= 11 is 6.12. The van der Waals surface area contributed by atoms with Crippen molar-refractivity contribution in [2.24, 2.45) is 0 Å². The fraction of sp³-hybridized carbons (Fsp3) is 0.235. The summed E-state index contributed by atoms with van der Waals surface area (Å²) in [6.45, 7) is 3.68. The molecule has 0 bridgehead atoms. The van der Waals surface area contributed by atoms with Gasteiger partial charge in [-0.3, -0.25) is 13.9 Å². The molecular weight excluding hydrogens is 598 g/mol. The minimum atomic E-state index is -4.23. The maximum absolute atomic E-state index is 14.4. The third-order valence-electron chi connectivity index (χ3n) is 7.26. The second kappa shape index (κ2) is 14.9. The van der Waals surface area contributed by atoms with Gasteiger partial charge in [0.2, 0.25) is 11.8 Å². The fourth-order valence-electron chi connectivity index (χ4n) is 4.83. The average Bonchev–Trinajstić information content (AvgIpc) is 3.03. The maximum atomic E-state index is 14.4. The number of anilines is 1. The molecule has 0 aliphatic rings. The van der Waals surface area contributed by atoms with Gasteiger partial charge in [-0.1, -0.05) is 66.2 Å². The van der Waals surface area contributed by atoms with Gasteiger partial charge in [0, 0.05) is 24.5 Å². The number of sulfonamides is 1. The van der Waals surface area contributed by atoms with E-state index in [2.05, 4.69) is 5.32 Å². The lowest BCUT2D eigenvalue weighted by Gasteiger charge is -2.34. The number of nitrogens with zero attached hydrogens (tertiary/aromatic N) is 2. The third-order valence-corrected chi connectivity index (χ3v) is 9.31. The molecule has 0 aromatic heterocycles. The number of nitrogens with one attached hydrogen (secondary N) is 1. The Kier molecular flexibility index (Phi) is 11.0. The number of likely N-dealkylation sites (N-methyl/N-ethyl adjacent to an activating group) is 1. The quantitative estimate of drug-likeness (QED) is 0.206. The number of hydrogen-bond donors (Lipinski definition) is 1. The second-order valence-electron chi connectivity index (χ2n) is 10.2. The molecule has 0 saturated carbocycles. The highest BCUT2D eigenvalue weighted by atomic mass is 35.5. The van der Waals surface area contributed by atoms with Crippen LogP contribution in [-0.2, 0) is 32.6 Å². The first-order valence-electron chi connectivity index (χ1n) is 14.2. The van der Waals surface area contributed by atoms with Crippen LogP contribution in [0.2, 0.25) is 5.02 Å². The van der Waals surface area contributed by atoms with E-state index in [4.69, 9.17) is 16.3 Å². The van der Waals surface area contributed by atoms with E-state index < -0.39 is 28.5 Å². The highest BCUT2D eigenvalue weighted by Gasteiger charge is 2.34. The summed E-state index contributed by atoms with van der Waals surface area (Å²) in [5.74, 6) is -0.366. The summed E-state index contributed by atoms with van der Waals surface area (Å²) in [6.07, 6.45) is 0.246. The van der Waals surface area contributed by atoms with Crippen molar-refractivity contribution in [3.63, 3.8) is 0 Å². The van der Waals surface area contributed by atoms with E-state index in [0.29, 0.717) is 17.3 Å². The van der Waals surface area contributed by atoms with Crippen molar-refractivity contribution < 1.29 is 22.7 Å². The molecule has 1 N–H and O–H groups in total. The van der Waals surface area contributed by atoms with Crippen LogP contribution < -0.4 is 14.4 Å². The molecule has 10 heteroatoms. The van der Waals surface area contributed by atoms with Crippen molar-refractivity contribution in [1.82, 2.24) is 10.2 Å². The minimum Gasteiger partial charge on any atom is -0.497 e. The van der Waals surface area contributed by atoms with Crippen molar-refractivity contribution in [2.45, 2.75) is 37.8 Å². The summed E-state index contributed by atoms with van der Waals surface area (Å²) in [5, 5.41) is 3.29. The number of ether oxygens (including phenoxy) is 1. The van der Waals surface area contributed by atoms with Crippen LogP contribution in [0.25, 0.3) is 0 Å². The smallest absolute Gasteiger partial charge is 0.264 e.